The summed E-state index contributed by atoms with van der Waals surface area (Å²) in [7, 11) is 0. The highest BCUT2D eigenvalue weighted by atomic mass is 35.5. The van der Waals surface area contributed by atoms with Crippen LogP contribution in [0.2, 0.25) is 5.02 Å². The van der Waals surface area contributed by atoms with Crippen LogP contribution in [0.25, 0.3) is 11.0 Å². The lowest BCUT2D eigenvalue weighted by molar-refractivity contribution is 0.0527. The molecule has 0 radical (unpaired) electrons. The van der Waals surface area contributed by atoms with Crippen molar-refractivity contribution in [2.24, 2.45) is 0 Å². The van der Waals surface area contributed by atoms with Gasteiger partial charge in [-0.1, -0.05) is 11.6 Å². The van der Waals surface area contributed by atoms with Gasteiger partial charge in [0.2, 0.25) is 0 Å². The standard InChI is InChI=1S/C11H8ClFO3/c1-2-15-11(14)7-5-16-10-6(7)3-4-8(12)9(10)13/h3-5H,2H2,1H3. The zero-order valence-corrected chi connectivity index (χ0v) is 9.18. The number of esters is 1. The van der Waals surface area contributed by atoms with Crippen molar-refractivity contribution in [3.8, 4) is 0 Å². The molecule has 1 heterocycles. The molecule has 0 unspecified atom stereocenters. The fourth-order valence-electron chi connectivity index (χ4n) is 1.41. The number of rotatable bonds is 2. The summed E-state index contributed by atoms with van der Waals surface area (Å²) in [4.78, 5) is 11.5. The van der Waals surface area contributed by atoms with E-state index in [1.165, 1.54) is 18.4 Å². The first-order valence-electron chi connectivity index (χ1n) is 4.67. The molecular formula is C11H8ClFO3. The van der Waals surface area contributed by atoms with Gasteiger partial charge in [-0.25, -0.2) is 9.18 Å². The van der Waals surface area contributed by atoms with Gasteiger partial charge < -0.3 is 9.15 Å². The minimum atomic E-state index is -0.672. The summed E-state index contributed by atoms with van der Waals surface area (Å²) in [6.45, 7) is 1.94. The van der Waals surface area contributed by atoms with Gasteiger partial charge in [-0.15, -0.1) is 0 Å². The van der Waals surface area contributed by atoms with Crippen LogP contribution in [0.4, 0.5) is 4.39 Å². The first kappa shape index (κ1) is 11.0. The average molecular weight is 243 g/mol. The van der Waals surface area contributed by atoms with Crippen LogP contribution in [0.3, 0.4) is 0 Å². The number of carbonyl (C=O) groups is 1. The quantitative estimate of drug-likeness (QED) is 0.758. The van der Waals surface area contributed by atoms with Crippen molar-refractivity contribution in [1.82, 2.24) is 0 Å². The number of fused-ring (bicyclic) bond motifs is 1. The number of ether oxygens (including phenoxy) is 1. The summed E-state index contributed by atoms with van der Waals surface area (Å²) in [5, 5.41) is 0.317. The Morgan fingerprint density at radius 1 is 1.56 bits per heavy atom. The van der Waals surface area contributed by atoms with Gasteiger partial charge in [0.1, 0.15) is 11.8 Å². The largest absolute Gasteiger partial charge is 0.462 e. The molecule has 84 valence electrons. The lowest BCUT2D eigenvalue weighted by Crippen LogP contribution is -2.03. The second-order valence-corrected chi connectivity index (χ2v) is 3.52. The predicted molar refractivity (Wildman–Crippen MR) is 57.1 cm³/mol. The topological polar surface area (TPSA) is 39.4 Å². The van der Waals surface area contributed by atoms with Gasteiger partial charge in [0.15, 0.2) is 11.4 Å². The Labute approximate surface area is 95.7 Å². The third-order valence-corrected chi connectivity index (χ3v) is 2.42. The van der Waals surface area contributed by atoms with Crippen LogP contribution in [0.5, 0.6) is 0 Å². The van der Waals surface area contributed by atoms with Crippen LogP contribution in [0, 0.1) is 5.82 Å². The van der Waals surface area contributed by atoms with E-state index in [1.807, 2.05) is 0 Å². The molecule has 2 rings (SSSR count). The van der Waals surface area contributed by atoms with E-state index < -0.39 is 11.8 Å². The second-order valence-electron chi connectivity index (χ2n) is 3.11. The van der Waals surface area contributed by atoms with Crippen molar-refractivity contribution in [2.75, 3.05) is 6.61 Å². The molecule has 0 atom stereocenters. The maximum Gasteiger partial charge on any atom is 0.342 e. The molecule has 0 aliphatic carbocycles. The molecule has 1 aromatic heterocycles. The van der Waals surface area contributed by atoms with E-state index in [9.17, 15) is 9.18 Å². The van der Waals surface area contributed by atoms with Gasteiger partial charge in [-0.2, -0.15) is 0 Å². The Bertz CT molecular complexity index is 547. The van der Waals surface area contributed by atoms with Crippen molar-refractivity contribution >= 4 is 28.5 Å². The number of hydrogen-bond acceptors (Lipinski definition) is 3. The Morgan fingerprint density at radius 3 is 3.00 bits per heavy atom. The van der Waals surface area contributed by atoms with Crippen molar-refractivity contribution in [2.45, 2.75) is 6.92 Å². The third kappa shape index (κ3) is 1.65. The van der Waals surface area contributed by atoms with Crippen molar-refractivity contribution in [1.29, 1.82) is 0 Å². The number of carbonyl (C=O) groups excluding carboxylic acids is 1. The smallest absolute Gasteiger partial charge is 0.342 e. The molecule has 0 aliphatic rings. The minimum absolute atomic E-state index is 0.0319. The molecule has 1 aromatic carbocycles. The molecule has 0 amide bonds. The van der Waals surface area contributed by atoms with Gasteiger partial charge in [-0.3, -0.25) is 0 Å². The Morgan fingerprint density at radius 2 is 2.31 bits per heavy atom. The first-order valence-corrected chi connectivity index (χ1v) is 5.05. The fourth-order valence-corrected chi connectivity index (χ4v) is 1.56. The fraction of sp³-hybridized carbons (Fsp3) is 0.182. The molecule has 0 saturated carbocycles. The van der Waals surface area contributed by atoms with Crippen LogP contribution in [-0.4, -0.2) is 12.6 Å². The molecule has 3 nitrogen and oxygen atoms in total. The first-order chi connectivity index (χ1) is 7.65. The Kier molecular flexibility index (Phi) is 2.83. The summed E-state index contributed by atoms with van der Waals surface area (Å²) < 4.78 is 23.3. The lowest BCUT2D eigenvalue weighted by atomic mass is 10.2. The maximum atomic E-state index is 13.5. The van der Waals surface area contributed by atoms with Crippen molar-refractivity contribution in [3.63, 3.8) is 0 Å². The molecule has 0 fully saturated rings. The highest BCUT2D eigenvalue weighted by Gasteiger charge is 2.18. The SMILES string of the molecule is CCOC(=O)c1coc2c(F)c(Cl)ccc12. The monoisotopic (exact) mass is 242 g/mol. The lowest BCUT2D eigenvalue weighted by Gasteiger charge is -1.99. The normalized spacial score (nSPS) is 10.7. The van der Waals surface area contributed by atoms with Crippen molar-refractivity contribution in [3.05, 3.63) is 34.8 Å². The Hall–Kier alpha value is -1.55. The van der Waals surface area contributed by atoms with Crippen LogP contribution in [0.1, 0.15) is 17.3 Å². The van der Waals surface area contributed by atoms with Crippen LogP contribution in [0.15, 0.2) is 22.8 Å². The predicted octanol–water partition coefficient (Wildman–Crippen LogP) is 3.40. The zero-order chi connectivity index (χ0) is 11.7. The van der Waals surface area contributed by atoms with Gasteiger partial charge in [-0.05, 0) is 19.1 Å². The van der Waals surface area contributed by atoms with Crippen LogP contribution >= 0.6 is 11.6 Å². The van der Waals surface area contributed by atoms with E-state index in [0.717, 1.165) is 0 Å². The van der Waals surface area contributed by atoms with E-state index in [4.69, 9.17) is 20.8 Å². The van der Waals surface area contributed by atoms with Crippen LogP contribution < -0.4 is 0 Å². The molecule has 0 spiro atoms. The Balaban J connectivity index is 2.58. The van der Waals surface area contributed by atoms with E-state index in [0.29, 0.717) is 5.39 Å². The number of hydrogen-bond donors (Lipinski definition) is 0. The molecular weight excluding hydrogens is 235 g/mol. The summed E-state index contributed by atoms with van der Waals surface area (Å²) >= 11 is 5.59. The highest BCUT2D eigenvalue weighted by molar-refractivity contribution is 6.31. The molecule has 2 aromatic rings. The van der Waals surface area contributed by atoms with E-state index in [2.05, 4.69) is 0 Å². The van der Waals surface area contributed by atoms with E-state index >= 15 is 0 Å². The highest BCUT2D eigenvalue weighted by Crippen LogP contribution is 2.28. The summed E-state index contributed by atoms with van der Waals surface area (Å²) in [6.07, 6.45) is 1.17. The average Bonchev–Trinajstić information content (AvgIpc) is 2.68. The molecule has 5 heteroatoms. The van der Waals surface area contributed by atoms with E-state index in [1.54, 1.807) is 6.92 Å². The minimum Gasteiger partial charge on any atom is -0.462 e. The summed E-state index contributed by atoms with van der Waals surface area (Å²) in [5.41, 5.74) is 0.169. The van der Waals surface area contributed by atoms with Gasteiger partial charge in [0.25, 0.3) is 0 Å². The van der Waals surface area contributed by atoms with Gasteiger partial charge in [0.05, 0.1) is 11.6 Å². The molecule has 0 aliphatic heterocycles. The van der Waals surface area contributed by atoms with E-state index in [-0.39, 0.29) is 22.8 Å². The number of furan rings is 1. The second kappa shape index (κ2) is 4.14. The van der Waals surface area contributed by atoms with Crippen LogP contribution in [-0.2, 0) is 4.74 Å². The van der Waals surface area contributed by atoms with Gasteiger partial charge >= 0.3 is 5.97 Å². The number of benzene rings is 1. The summed E-state index contributed by atoms with van der Waals surface area (Å²) in [6, 6.07) is 2.90. The summed E-state index contributed by atoms with van der Waals surface area (Å²) in [5.74, 6) is -1.21. The van der Waals surface area contributed by atoms with Crippen molar-refractivity contribution < 1.29 is 18.3 Å². The molecule has 16 heavy (non-hydrogen) atoms. The molecule has 0 bridgehead atoms. The third-order valence-electron chi connectivity index (χ3n) is 2.13. The maximum absolute atomic E-state index is 13.5. The molecule has 0 N–H and O–H groups in total. The zero-order valence-electron chi connectivity index (χ0n) is 8.42. The van der Waals surface area contributed by atoms with Gasteiger partial charge in [0, 0.05) is 5.39 Å². The molecule has 0 saturated heterocycles. The number of halogens is 2.